The smallest absolute Gasteiger partial charge is 0.0689 e. The molecule has 0 bridgehead atoms. The van der Waals surface area contributed by atoms with E-state index in [-0.39, 0.29) is 0 Å². The summed E-state index contributed by atoms with van der Waals surface area (Å²) in [5.74, 6) is 0. The van der Waals surface area contributed by atoms with E-state index in [0.717, 1.165) is 0 Å². The lowest BCUT2D eigenvalue weighted by Crippen LogP contribution is -2.68. The van der Waals surface area contributed by atoms with Crippen molar-refractivity contribution >= 4 is 0 Å². The van der Waals surface area contributed by atoms with Crippen molar-refractivity contribution < 1.29 is 67.9 Å². The molecular weight excluding hydrogens is 323 g/mol. The summed E-state index contributed by atoms with van der Waals surface area (Å²) in [7, 11) is -9.89. The van der Waals surface area contributed by atoms with Gasteiger partial charge in [0.25, 0.3) is 0 Å². The molecule has 0 N–H and O–H groups in total. The lowest BCUT2D eigenvalue weighted by molar-refractivity contribution is -2.00. The summed E-state index contributed by atoms with van der Waals surface area (Å²) in [5.41, 5.74) is 0. The van der Waals surface area contributed by atoms with E-state index in [4.69, 9.17) is 67.9 Å². The highest BCUT2D eigenvalue weighted by Gasteiger charge is 1.84. The maximum atomic E-state index is 8.49. The predicted molar refractivity (Wildman–Crippen MR) is 20.7 cm³/mol. The zero-order chi connectivity index (χ0) is 16.2. The first-order valence-electron chi connectivity index (χ1n) is 2.33. The SMILES string of the molecule is O=[N+]([O-])[O-].O=[N+]([O-])[O-].[O-][Cl+3]([O-])([O-])[O-].[O-][Cl+3]([O-])([O-])[O-]. The minimum atomic E-state index is -4.94. The second kappa shape index (κ2) is 12.1. The van der Waals surface area contributed by atoms with Crippen molar-refractivity contribution in [2.24, 2.45) is 0 Å². The van der Waals surface area contributed by atoms with Gasteiger partial charge in [-0.05, 0) is 0 Å². The van der Waals surface area contributed by atoms with Crippen LogP contribution in [0.4, 0.5) is 0 Å². The largest absolute Gasteiger partial charge is 0.356 e. The number of hydrogen-bond acceptors (Lipinski definition) is 14. The zero-order valence-corrected chi connectivity index (χ0v) is 8.88. The zero-order valence-electron chi connectivity index (χ0n) is 7.37. The Balaban J connectivity index is -0.0000000731. The lowest BCUT2D eigenvalue weighted by Gasteiger charge is -2.17. The fourth-order valence-corrected chi connectivity index (χ4v) is 0. The number of nitrogens with zero attached hydrogens (tertiary/aromatic N) is 2. The minimum Gasteiger partial charge on any atom is -0.356 e. The van der Waals surface area contributed by atoms with Gasteiger partial charge in [-0.3, -0.25) is 0 Å². The molecule has 0 spiro atoms. The third-order valence-corrected chi connectivity index (χ3v) is 0. The molecule has 0 saturated heterocycles. The fourth-order valence-electron chi connectivity index (χ4n) is 0. The molecule has 0 rings (SSSR count). The van der Waals surface area contributed by atoms with Crippen molar-refractivity contribution in [3.05, 3.63) is 30.6 Å². The van der Waals surface area contributed by atoms with Crippen LogP contribution in [-0.4, -0.2) is 10.2 Å². The normalized spacial score (nSPS) is 9.33. The van der Waals surface area contributed by atoms with Gasteiger partial charge < -0.3 is 30.6 Å². The first-order chi connectivity index (χ1) is 7.46. The van der Waals surface area contributed by atoms with Crippen LogP contribution in [0.25, 0.3) is 0 Å². The molecule has 112 valence electrons. The van der Waals surface area contributed by atoms with Crippen LogP contribution in [0.2, 0.25) is 0 Å². The molecule has 0 aliphatic rings. The number of rotatable bonds is 0. The van der Waals surface area contributed by atoms with Gasteiger partial charge in [-0.25, -0.2) is 37.3 Å². The Morgan fingerprint density at radius 3 is 0.500 bits per heavy atom. The number of halogens is 2. The van der Waals surface area contributed by atoms with Gasteiger partial charge in [-0.1, -0.05) is 0 Å². The molecule has 0 aromatic heterocycles. The third-order valence-electron chi connectivity index (χ3n) is 0. The van der Waals surface area contributed by atoms with Gasteiger partial charge in [-0.2, -0.15) is 0 Å². The van der Waals surface area contributed by atoms with Crippen molar-refractivity contribution in [2.45, 2.75) is 0 Å². The van der Waals surface area contributed by atoms with Crippen LogP contribution >= 0.6 is 0 Å². The van der Waals surface area contributed by atoms with Crippen molar-refractivity contribution in [3.8, 4) is 0 Å². The molecule has 18 heteroatoms. The van der Waals surface area contributed by atoms with E-state index in [0.29, 0.717) is 0 Å². The van der Waals surface area contributed by atoms with E-state index >= 15 is 0 Å². The van der Waals surface area contributed by atoms with Crippen LogP contribution < -0.4 is 37.3 Å². The average Bonchev–Trinajstić information content (AvgIpc) is 1.70. The fraction of sp³-hybridized carbons (Fsp3) is 0. The Labute approximate surface area is 99.5 Å². The van der Waals surface area contributed by atoms with E-state index in [1.807, 2.05) is 0 Å². The Morgan fingerprint density at radius 2 is 0.500 bits per heavy atom. The molecule has 0 aromatic carbocycles. The van der Waals surface area contributed by atoms with Crippen molar-refractivity contribution in [2.75, 3.05) is 0 Å². The Hall–Kier alpha value is -1.34. The summed E-state index contributed by atoms with van der Waals surface area (Å²) in [6.07, 6.45) is 0. The van der Waals surface area contributed by atoms with Gasteiger partial charge in [0.15, 0.2) is 0 Å². The Kier molecular flexibility index (Phi) is 17.2. The average molecular weight is 323 g/mol. The molecule has 0 heterocycles. The summed E-state index contributed by atoms with van der Waals surface area (Å²) >= 11 is 0. The summed E-state index contributed by atoms with van der Waals surface area (Å²) < 4.78 is 67.9. The van der Waals surface area contributed by atoms with E-state index in [1.54, 1.807) is 0 Å². The van der Waals surface area contributed by atoms with Gasteiger partial charge in [-0.15, -0.1) is 20.5 Å². The predicted octanol–water partition coefficient (Wildman–Crippen LogP) is -9.99. The molecule has 0 amide bonds. The van der Waals surface area contributed by atoms with Gasteiger partial charge >= 0.3 is 0 Å². The third kappa shape index (κ3) is 1520. The van der Waals surface area contributed by atoms with Crippen molar-refractivity contribution in [1.82, 2.24) is 0 Å². The van der Waals surface area contributed by atoms with Gasteiger partial charge in [0.1, 0.15) is 0 Å². The molecule has 0 saturated carbocycles. The van der Waals surface area contributed by atoms with Crippen LogP contribution in [0.3, 0.4) is 0 Å². The van der Waals surface area contributed by atoms with Crippen LogP contribution in [0, 0.1) is 51.1 Å². The lowest BCUT2D eigenvalue weighted by atomic mass is 13.1. The first kappa shape index (κ1) is 25.5. The van der Waals surface area contributed by atoms with E-state index in [1.165, 1.54) is 0 Å². The molecule has 0 radical (unpaired) electrons. The maximum Gasteiger partial charge on any atom is 0.0689 e. The van der Waals surface area contributed by atoms with Gasteiger partial charge in [0.2, 0.25) is 0 Å². The summed E-state index contributed by atoms with van der Waals surface area (Å²) in [6, 6.07) is 0. The Morgan fingerprint density at radius 1 is 0.500 bits per heavy atom. The highest BCUT2D eigenvalue weighted by atomic mass is 35.7. The molecular formula is Cl2N2O14-4. The topological polar surface area (TPSA) is 317 Å². The minimum absolute atomic E-state index is 1.75. The summed E-state index contributed by atoms with van der Waals surface area (Å²) in [5, 5.41) is 29.5. The standard InChI is InChI=1S/2ClHO4.2NO3/c2*2-1(3,4)5;2*2-1(3)4/h2*(H,2,3,4,5);;/q;;2*-1/p-2. The molecule has 18 heavy (non-hydrogen) atoms. The molecule has 0 unspecified atom stereocenters. The van der Waals surface area contributed by atoms with Crippen molar-refractivity contribution in [3.63, 3.8) is 0 Å². The molecule has 0 aliphatic heterocycles. The highest BCUT2D eigenvalue weighted by Crippen LogP contribution is 1.50. The second-order valence-corrected chi connectivity index (χ2v) is 2.72. The molecule has 0 atom stereocenters. The highest BCUT2D eigenvalue weighted by molar-refractivity contribution is 4.04. The first-order valence-corrected chi connectivity index (χ1v) is 4.80. The van der Waals surface area contributed by atoms with Crippen LogP contribution in [0.15, 0.2) is 0 Å². The molecule has 0 aliphatic carbocycles. The summed E-state index contributed by atoms with van der Waals surface area (Å²) in [6.45, 7) is 0. The monoisotopic (exact) mass is 322 g/mol. The van der Waals surface area contributed by atoms with Crippen LogP contribution in [0.5, 0.6) is 0 Å². The van der Waals surface area contributed by atoms with Gasteiger partial charge in [0, 0.05) is 0 Å². The second-order valence-electron chi connectivity index (χ2n) is 1.20. The number of hydrogen-bond donors (Lipinski definition) is 0. The maximum absolute atomic E-state index is 8.49. The molecule has 16 nitrogen and oxygen atoms in total. The molecule has 0 aromatic rings. The van der Waals surface area contributed by atoms with E-state index in [2.05, 4.69) is 0 Å². The van der Waals surface area contributed by atoms with E-state index in [9.17, 15) is 0 Å². The van der Waals surface area contributed by atoms with Crippen LogP contribution in [0.1, 0.15) is 0 Å². The van der Waals surface area contributed by atoms with E-state index < -0.39 is 30.7 Å². The molecule has 0 fully saturated rings. The Bertz CT molecular complexity index is 167. The quantitative estimate of drug-likeness (QED) is 0.295. The van der Waals surface area contributed by atoms with Crippen LogP contribution in [-0.2, 0) is 0 Å². The summed E-state index contributed by atoms with van der Waals surface area (Å²) in [4.78, 5) is 16.5. The van der Waals surface area contributed by atoms with Crippen molar-refractivity contribution in [1.29, 1.82) is 0 Å². The van der Waals surface area contributed by atoms with Gasteiger partial charge in [0.05, 0.1) is 10.2 Å².